The summed E-state index contributed by atoms with van der Waals surface area (Å²) in [5.41, 5.74) is 0.382. The molecule has 0 fully saturated rings. The van der Waals surface area contributed by atoms with Gasteiger partial charge in [0.2, 0.25) is 0 Å². The van der Waals surface area contributed by atoms with Crippen molar-refractivity contribution in [1.29, 1.82) is 0 Å². The Kier molecular flexibility index (Phi) is 3.40. The van der Waals surface area contributed by atoms with Crippen LogP contribution in [-0.2, 0) is 0 Å². The van der Waals surface area contributed by atoms with Crippen molar-refractivity contribution in [3.8, 4) is 12.3 Å². The van der Waals surface area contributed by atoms with E-state index in [2.05, 4.69) is 32.2 Å². The van der Waals surface area contributed by atoms with E-state index in [1.165, 1.54) is 6.07 Å². The lowest BCUT2D eigenvalue weighted by Gasteiger charge is -1.96. The number of H-pyrrole nitrogens is 1. The van der Waals surface area contributed by atoms with Crippen molar-refractivity contribution in [2.45, 2.75) is 0 Å². The predicted molar refractivity (Wildman–Crippen MR) is 54.7 cm³/mol. The first kappa shape index (κ1) is 10.2. The average molecular weight is 262 g/mol. The molecule has 0 bridgehead atoms. The molecule has 1 amide bonds. The second kappa shape index (κ2) is 4.35. The third-order valence-corrected chi connectivity index (χ3v) is 2.47. The van der Waals surface area contributed by atoms with E-state index >= 15 is 0 Å². The van der Waals surface area contributed by atoms with E-state index < -0.39 is 0 Å². The minimum Gasteiger partial charge on any atom is -0.344 e. The Morgan fingerprint density at radius 1 is 1.85 bits per heavy atom. The Morgan fingerprint density at radius 2 is 2.54 bits per heavy atom. The molecule has 1 aromatic heterocycles. The second-order valence-corrected chi connectivity index (χ2v) is 3.43. The number of aromatic amines is 1. The molecule has 1 rings (SSSR count). The summed E-state index contributed by atoms with van der Waals surface area (Å²) in [6, 6.07) is 1.53. The summed E-state index contributed by atoms with van der Waals surface area (Å²) in [5, 5.41) is 2.97. The highest BCUT2D eigenvalue weighted by Gasteiger charge is 2.09. The molecule has 0 radical (unpaired) electrons. The van der Waals surface area contributed by atoms with Gasteiger partial charge in [0, 0.05) is 0 Å². The maximum absolute atomic E-state index is 11.3. The van der Waals surface area contributed by atoms with Crippen LogP contribution < -0.4 is 5.32 Å². The molecule has 1 aromatic rings. The topological polar surface area (TPSA) is 44.9 Å². The molecule has 0 unspecified atom stereocenters. The number of nitrogens with one attached hydrogen (secondary N) is 2. The fourth-order valence-electron chi connectivity index (χ4n) is 0.753. The van der Waals surface area contributed by atoms with Crippen LogP contribution in [0.2, 0.25) is 5.02 Å². The van der Waals surface area contributed by atoms with E-state index in [4.69, 9.17) is 18.0 Å². The van der Waals surface area contributed by atoms with E-state index in [0.717, 1.165) is 0 Å². The lowest BCUT2D eigenvalue weighted by molar-refractivity contribution is 0.0954. The largest absolute Gasteiger partial charge is 0.344 e. The summed E-state index contributed by atoms with van der Waals surface area (Å²) in [5.74, 6) is 2.03. The molecule has 0 saturated heterocycles. The van der Waals surface area contributed by atoms with Crippen molar-refractivity contribution < 1.29 is 4.79 Å². The van der Waals surface area contributed by atoms with Crippen molar-refractivity contribution in [2.75, 3.05) is 6.54 Å². The Hall–Kier alpha value is -0.920. The van der Waals surface area contributed by atoms with Gasteiger partial charge in [0.25, 0.3) is 5.91 Å². The molecule has 0 aliphatic rings. The number of hydrogen-bond donors (Lipinski definition) is 2. The third kappa shape index (κ3) is 2.51. The Morgan fingerprint density at radius 3 is 3.00 bits per heavy atom. The summed E-state index contributed by atoms with van der Waals surface area (Å²) in [4.78, 5) is 14.0. The maximum atomic E-state index is 11.3. The zero-order valence-corrected chi connectivity index (χ0v) is 8.87. The number of amides is 1. The summed E-state index contributed by atoms with van der Waals surface area (Å²) in [6.07, 6.45) is 4.98. The Labute approximate surface area is 89.0 Å². The first-order valence-corrected chi connectivity index (χ1v) is 4.58. The van der Waals surface area contributed by atoms with E-state index in [9.17, 15) is 4.79 Å². The van der Waals surface area contributed by atoms with Crippen LogP contribution >= 0.6 is 27.5 Å². The van der Waals surface area contributed by atoms with E-state index in [-0.39, 0.29) is 12.5 Å². The van der Waals surface area contributed by atoms with Crippen LogP contribution in [0.1, 0.15) is 10.5 Å². The number of terminal acetylenes is 1. The van der Waals surface area contributed by atoms with Gasteiger partial charge >= 0.3 is 0 Å². The molecule has 68 valence electrons. The molecule has 0 aliphatic carbocycles. The monoisotopic (exact) mass is 260 g/mol. The molecule has 0 saturated carbocycles. The van der Waals surface area contributed by atoms with Gasteiger partial charge in [-0.05, 0) is 22.0 Å². The second-order valence-electron chi connectivity index (χ2n) is 2.23. The van der Waals surface area contributed by atoms with Crippen molar-refractivity contribution in [2.24, 2.45) is 0 Å². The van der Waals surface area contributed by atoms with Gasteiger partial charge in [-0.2, -0.15) is 0 Å². The molecule has 0 aliphatic heterocycles. The molecule has 13 heavy (non-hydrogen) atoms. The number of aromatic nitrogens is 1. The van der Waals surface area contributed by atoms with Crippen LogP contribution in [-0.4, -0.2) is 17.4 Å². The summed E-state index contributed by atoms with van der Waals surface area (Å²) in [7, 11) is 0. The van der Waals surface area contributed by atoms with Gasteiger partial charge in [-0.1, -0.05) is 17.5 Å². The number of hydrogen-bond acceptors (Lipinski definition) is 1. The standard InChI is InChI=1S/C8H6BrClN2O/c1-2-3-11-8(13)6-4-5(10)7(9)12-6/h1,4,12H,3H2,(H,11,13). The lowest BCUT2D eigenvalue weighted by Crippen LogP contribution is -2.23. The molecular weight excluding hydrogens is 255 g/mol. The molecular formula is C8H6BrClN2O. The highest BCUT2D eigenvalue weighted by molar-refractivity contribution is 9.10. The molecule has 1 heterocycles. The van der Waals surface area contributed by atoms with Crippen LogP contribution in [0.15, 0.2) is 10.7 Å². The minimum absolute atomic E-state index is 0.201. The molecule has 5 heteroatoms. The number of halogens is 2. The number of rotatable bonds is 2. The van der Waals surface area contributed by atoms with Gasteiger partial charge in [-0.15, -0.1) is 6.42 Å². The van der Waals surface area contributed by atoms with Gasteiger partial charge in [-0.25, -0.2) is 0 Å². The third-order valence-electron chi connectivity index (χ3n) is 1.32. The molecule has 0 atom stereocenters. The molecule has 0 aromatic carbocycles. The Bertz CT molecular complexity index is 347. The van der Waals surface area contributed by atoms with Crippen molar-refractivity contribution in [1.82, 2.24) is 10.3 Å². The maximum Gasteiger partial charge on any atom is 0.268 e. The smallest absolute Gasteiger partial charge is 0.268 e. The zero-order chi connectivity index (χ0) is 9.84. The summed E-state index contributed by atoms with van der Waals surface area (Å²) >= 11 is 8.85. The van der Waals surface area contributed by atoms with Gasteiger partial charge in [-0.3, -0.25) is 4.79 Å². The van der Waals surface area contributed by atoms with Gasteiger partial charge in [0.05, 0.1) is 11.6 Å². The fourth-order valence-corrected chi connectivity index (χ4v) is 1.24. The fraction of sp³-hybridized carbons (Fsp3) is 0.125. The SMILES string of the molecule is C#CCNC(=O)c1cc(Cl)c(Br)[nH]1. The molecule has 2 N–H and O–H groups in total. The molecule has 3 nitrogen and oxygen atoms in total. The van der Waals surface area contributed by atoms with Crippen LogP contribution in [0.5, 0.6) is 0 Å². The normalized spacial score (nSPS) is 9.31. The molecule has 0 spiro atoms. The number of carbonyl (C=O) groups is 1. The van der Waals surface area contributed by atoms with Crippen LogP contribution in [0.4, 0.5) is 0 Å². The summed E-state index contributed by atoms with van der Waals surface area (Å²) in [6.45, 7) is 0.201. The van der Waals surface area contributed by atoms with E-state index in [1.54, 1.807) is 0 Å². The van der Waals surface area contributed by atoms with Crippen LogP contribution in [0, 0.1) is 12.3 Å². The zero-order valence-electron chi connectivity index (χ0n) is 6.53. The minimum atomic E-state index is -0.273. The van der Waals surface area contributed by atoms with Crippen LogP contribution in [0.3, 0.4) is 0 Å². The van der Waals surface area contributed by atoms with Crippen molar-refractivity contribution in [3.63, 3.8) is 0 Å². The quantitative estimate of drug-likeness (QED) is 0.783. The first-order chi connectivity index (χ1) is 6.15. The summed E-state index contributed by atoms with van der Waals surface area (Å²) < 4.78 is 0.583. The van der Waals surface area contributed by atoms with Gasteiger partial charge < -0.3 is 10.3 Å². The number of carbonyl (C=O) groups excluding carboxylic acids is 1. The van der Waals surface area contributed by atoms with Gasteiger partial charge in [0.1, 0.15) is 10.3 Å². The highest BCUT2D eigenvalue weighted by Crippen LogP contribution is 2.22. The van der Waals surface area contributed by atoms with Crippen LogP contribution in [0.25, 0.3) is 0 Å². The predicted octanol–water partition coefficient (Wildman–Crippen LogP) is 1.79. The van der Waals surface area contributed by atoms with E-state index in [0.29, 0.717) is 15.3 Å². The van der Waals surface area contributed by atoms with Crippen molar-refractivity contribution >= 4 is 33.4 Å². The van der Waals surface area contributed by atoms with Gasteiger partial charge in [0.15, 0.2) is 0 Å². The lowest BCUT2D eigenvalue weighted by atomic mass is 10.4. The Balaban J connectivity index is 2.73. The van der Waals surface area contributed by atoms with E-state index in [1.807, 2.05) is 0 Å². The van der Waals surface area contributed by atoms with Crippen molar-refractivity contribution in [3.05, 3.63) is 21.4 Å². The highest BCUT2D eigenvalue weighted by atomic mass is 79.9. The average Bonchev–Trinajstić information content (AvgIpc) is 2.43. The first-order valence-electron chi connectivity index (χ1n) is 3.41.